The van der Waals surface area contributed by atoms with E-state index in [-0.39, 0.29) is 18.9 Å². The van der Waals surface area contributed by atoms with Gasteiger partial charge in [0.2, 0.25) is 0 Å². The van der Waals surface area contributed by atoms with Gasteiger partial charge < -0.3 is 4.48 Å². The van der Waals surface area contributed by atoms with Gasteiger partial charge in [-0.3, -0.25) is 0 Å². The maximum atomic E-state index is 2.38. The van der Waals surface area contributed by atoms with Crippen LogP contribution in [0, 0.1) is 5.41 Å². The number of hydrogen-bond donors (Lipinski definition) is 0. The van der Waals surface area contributed by atoms with Gasteiger partial charge in [-0.15, -0.1) is 0 Å². The van der Waals surface area contributed by atoms with Crippen LogP contribution in [0.25, 0.3) is 0 Å². The van der Waals surface area contributed by atoms with E-state index in [9.17, 15) is 0 Å². The predicted octanol–water partition coefficient (Wildman–Crippen LogP) is 1.23. The first-order chi connectivity index (χ1) is 4.41. The summed E-state index contributed by atoms with van der Waals surface area (Å²) in [4.78, 5) is 0. The van der Waals surface area contributed by atoms with Gasteiger partial charge in [-0.2, -0.15) is 0 Å². The van der Waals surface area contributed by atoms with E-state index < -0.39 is 0 Å². The Morgan fingerprint density at radius 1 is 1.18 bits per heavy atom. The van der Waals surface area contributed by atoms with Gasteiger partial charge in [0, 0.05) is 5.41 Å². The molecule has 0 aromatic heterocycles. The second-order valence-corrected chi connectivity index (χ2v) is 5.09. The average Bonchev–Trinajstić information content (AvgIpc) is 1.56. The van der Waals surface area contributed by atoms with Gasteiger partial charge in [0.1, 0.15) is 0 Å². The summed E-state index contributed by atoms with van der Waals surface area (Å²) < 4.78 is 1.22. The van der Waals surface area contributed by atoms with Crippen molar-refractivity contribution >= 4 is 18.9 Å². The number of rotatable bonds is 0. The van der Waals surface area contributed by atoms with Crippen molar-refractivity contribution in [1.82, 2.24) is 0 Å². The van der Waals surface area contributed by atoms with Gasteiger partial charge >= 0.3 is 18.9 Å². The Bertz CT molecular complexity index is 116. The monoisotopic (exact) mass is 150 g/mol. The third kappa shape index (κ3) is 3.65. The molecule has 0 aliphatic carbocycles. The first-order valence-corrected chi connectivity index (χ1v) is 4.23. The zero-order valence-corrected chi connectivity index (χ0v) is 7.78. The molecule has 1 aliphatic heterocycles. The Morgan fingerprint density at radius 3 is 2.00 bits per heavy atom. The van der Waals surface area contributed by atoms with Gasteiger partial charge in [0.05, 0.1) is 27.2 Å². The molecule has 0 aromatic rings. The predicted molar refractivity (Wildman–Crippen MR) is 52.0 cm³/mol. The van der Waals surface area contributed by atoms with Crippen molar-refractivity contribution in [1.29, 1.82) is 0 Å². The Labute approximate surface area is 82.9 Å². The van der Waals surface area contributed by atoms with Crippen LogP contribution in [0.5, 0.6) is 0 Å². The first-order valence-electron chi connectivity index (χ1n) is 4.23. The summed E-state index contributed by atoms with van der Waals surface area (Å²) in [5, 5.41) is 0. The number of quaternary nitrogens is 1. The van der Waals surface area contributed by atoms with Crippen molar-refractivity contribution in [2.24, 2.45) is 5.41 Å². The molecule has 1 aliphatic rings. The summed E-state index contributed by atoms with van der Waals surface area (Å²) in [7, 11) is 4.67. The van der Waals surface area contributed by atoms with E-state index in [1.54, 1.807) is 0 Å². The Morgan fingerprint density at radius 2 is 1.73 bits per heavy atom. The molecule has 0 atom stereocenters. The van der Waals surface area contributed by atoms with Crippen LogP contribution in [0.4, 0.5) is 0 Å². The van der Waals surface area contributed by atoms with E-state index in [0.717, 1.165) is 0 Å². The Hall–Kier alpha value is 0.557. The standard InChI is InChI=1S/C9H20N.Li.H/c1-9(2)6-5-7-10(3,4)8-9;;/h5-8H2,1-4H3;;/q+1;;. The fourth-order valence-corrected chi connectivity index (χ4v) is 2.30. The van der Waals surface area contributed by atoms with Crippen molar-refractivity contribution in [2.45, 2.75) is 26.7 Å². The molecular formula is C9H21LiN+. The maximum absolute atomic E-state index is 2.38. The molecule has 1 heterocycles. The normalized spacial score (nSPS) is 27.3. The molecule has 62 valence electrons. The summed E-state index contributed by atoms with van der Waals surface area (Å²) in [6.07, 6.45) is 2.81. The molecule has 1 rings (SSSR count). The van der Waals surface area contributed by atoms with Crippen LogP contribution in [0.3, 0.4) is 0 Å². The van der Waals surface area contributed by atoms with E-state index in [1.165, 1.54) is 30.4 Å². The second kappa shape index (κ2) is 3.52. The third-order valence-corrected chi connectivity index (χ3v) is 2.47. The van der Waals surface area contributed by atoms with Crippen molar-refractivity contribution in [3.05, 3.63) is 0 Å². The molecule has 1 nitrogen and oxygen atoms in total. The average molecular weight is 150 g/mol. The van der Waals surface area contributed by atoms with Crippen LogP contribution in [-0.2, 0) is 0 Å². The van der Waals surface area contributed by atoms with Gasteiger partial charge in [-0.25, -0.2) is 0 Å². The van der Waals surface area contributed by atoms with Gasteiger partial charge in [-0.05, 0) is 12.8 Å². The third-order valence-electron chi connectivity index (χ3n) is 2.47. The van der Waals surface area contributed by atoms with Crippen molar-refractivity contribution in [3.63, 3.8) is 0 Å². The number of nitrogens with zero attached hydrogens (tertiary/aromatic N) is 1. The van der Waals surface area contributed by atoms with E-state index in [2.05, 4.69) is 27.9 Å². The molecule has 0 spiro atoms. The summed E-state index contributed by atoms with van der Waals surface area (Å²) in [6, 6.07) is 0. The van der Waals surface area contributed by atoms with E-state index in [1.807, 2.05) is 0 Å². The summed E-state index contributed by atoms with van der Waals surface area (Å²) in [5.74, 6) is 0. The van der Waals surface area contributed by atoms with Gasteiger partial charge in [0.15, 0.2) is 0 Å². The number of likely N-dealkylation sites (tertiary alicyclic amines) is 1. The molecule has 0 amide bonds. The van der Waals surface area contributed by atoms with Gasteiger partial charge in [-0.1, -0.05) is 13.8 Å². The van der Waals surface area contributed by atoms with Crippen LogP contribution >= 0.6 is 0 Å². The van der Waals surface area contributed by atoms with Crippen LogP contribution in [0.15, 0.2) is 0 Å². The van der Waals surface area contributed by atoms with Crippen LogP contribution < -0.4 is 0 Å². The summed E-state index contributed by atoms with van der Waals surface area (Å²) in [6.45, 7) is 7.47. The van der Waals surface area contributed by atoms with Crippen LogP contribution in [0.2, 0.25) is 0 Å². The fraction of sp³-hybridized carbons (Fsp3) is 1.00. The number of hydrogen-bond acceptors (Lipinski definition) is 0. The van der Waals surface area contributed by atoms with E-state index >= 15 is 0 Å². The number of piperidine rings is 1. The van der Waals surface area contributed by atoms with Crippen LogP contribution in [-0.4, -0.2) is 50.5 Å². The Kier molecular flexibility index (Phi) is 3.70. The SMILES string of the molecule is CC1(C)CCC[N+](C)(C)C1.[LiH]. The molecule has 0 radical (unpaired) electrons. The van der Waals surface area contributed by atoms with Gasteiger partial charge in [0.25, 0.3) is 0 Å². The molecular weight excluding hydrogens is 129 g/mol. The molecule has 0 saturated carbocycles. The molecule has 0 unspecified atom stereocenters. The summed E-state index contributed by atoms with van der Waals surface area (Å²) >= 11 is 0. The molecule has 0 bridgehead atoms. The van der Waals surface area contributed by atoms with E-state index in [0.29, 0.717) is 5.41 Å². The zero-order chi connectivity index (χ0) is 7.83. The molecule has 1 fully saturated rings. The van der Waals surface area contributed by atoms with E-state index in [4.69, 9.17) is 0 Å². The van der Waals surface area contributed by atoms with Crippen molar-refractivity contribution in [3.8, 4) is 0 Å². The van der Waals surface area contributed by atoms with Crippen LogP contribution in [0.1, 0.15) is 26.7 Å². The summed E-state index contributed by atoms with van der Waals surface area (Å²) in [5.41, 5.74) is 0.585. The quantitative estimate of drug-likeness (QED) is 0.360. The Balaban J connectivity index is 0.000001000. The first kappa shape index (κ1) is 11.6. The molecule has 0 aromatic carbocycles. The second-order valence-electron chi connectivity index (χ2n) is 5.09. The van der Waals surface area contributed by atoms with Crippen molar-refractivity contribution < 1.29 is 4.48 Å². The zero-order valence-electron chi connectivity index (χ0n) is 7.78. The topological polar surface area (TPSA) is 0 Å². The molecule has 0 N–H and O–H groups in total. The molecule has 2 heteroatoms. The minimum atomic E-state index is 0. The fourth-order valence-electron chi connectivity index (χ4n) is 2.30. The minimum absolute atomic E-state index is 0. The molecule has 1 saturated heterocycles. The van der Waals surface area contributed by atoms with Crippen molar-refractivity contribution in [2.75, 3.05) is 27.2 Å². The molecule has 11 heavy (non-hydrogen) atoms.